The maximum Gasteiger partial charge on any atom is 0.225 e. The molecule has 0 unspecified atom stereocenters. The van der Waals surface area contributed by atoms with Crippen molar-refractivity contribution in [2.24, 2.45) is 0 Å². The summed E-state index contributed by atoms with van der Waals surface area (Å²) < 4.78 is 12.6. The number of pyridine rings is 1. The molecule has 0 aliphatic carbocycles. The van der Waals surface area contributed by atoms with Gasteiger partial charge >= 0.3 is 0 Å². The van der Waals surface area contributed by atoms with Crippen LogP contribution in [-0.2, 0) is 4.74 Å². The Kier molecular flexibility index (Phi) is 4.06. The predicted molar refractivity (Wildman–Crippen MR) is 82.9 cm³/mol. The number of ether oxygens (including phenoxy) is 2. The monoisotopic (exact) mass is 301 g/mol. The number of H-pyrrole nitrogens is 1. The van der Waals surface area contributed by atoms with Crippen LogP contribution in [0.15, 0.2) is 24.7 Å². The summed E-state index contributed by atoms with van der Waals surface area (Å²) in [4.78, 5) is 4.31. The summed E-state index contributed by atoms with van der Waals surface area (Å²) in [6.07, 6.45) is 5.48. The zero-order valence-electron chi connectivity index (χ0n) is 12.9. The normalized spacial score (nSPS) is 11.5. The molecule has 0 aliphatic heterocycles. The molecule has 3 rings (SSSR count). The number of rotatable bonds is 6. The SMILES string of the molecule is COCCOc1nccc2[nH]nc(-c3cnn(C(C)C)c3)c12. The molecule has 3 heterocycles. The van der Waals surface area contributed by atoms with Crippen LogP contribution >= 0.6 is 0 Å². The van der Waals surface area contributed by atoms with Gasteiger partial charge < -0.3 is 9.47 Å². The van der Waals surface area contributed by atoms with Crippen LogP contribution in [-0.4, -0.2) is 45.3 Å². The lowest BCUT2D eigenvalue weighted by Gasteiger charge is -2.06. The van der Waals surface area contributed by atoms with Crippen LogP contribution in [0, 0.1) is 0 Å². The van der Waals surface area contributed by atoms with Crippen LogP contribution < -0.4 is 4.74 Å². The lowest BCUT2D eigenvalue weighted by atomic mass is 10.1. The van der Waals surface area contributed by atoms with Gasteiger partial charge in [-0.15, -0.1) is 0 Å². The molecule has 0 saturated heterocycles. The first-order valence-corrected chi connectivity index (χ1v) is 7.20. The summed E-state index contributed by atoms with van der Waals surface area (Å²) in [5.74, 6) is 0.551. The van der Waals surface area contributed by atoms with E-state index in [1.807, 2.05) is 23.1 Å². The Balaban J connectivity index is 2.01. The van der Waals surface area contributed by atoms with Crippen molar-refractivity contribution in [1.29, 1.82) is 0 Å². The topological polar surface area (TPSA) is 77.8 Å². The molecule has 7 heteroatoms. The highest BCUT2D eigenvalue weighted by Gasteiger charge is 2.16. The van der Waals surface area contributed by atoms with E-state index in [4.69, 9.17) is 9.47 Å². The maximum absolute atomic E-state index is 5.71. The van der Waals surface area contributed by atoms with E-state index in [2.05, 4.69) is 34.1 Å². The Labute approximate surface area is 128 Å². The van der Waals surface area contributed by atoms with Gasteiger partial charge in [-0.1, -0.05) is 0 Å². The van der Waals surface area contributed by atoms with Gasteiger partial charge in [0.05, 0.1) is 23.7 Å². The highest BCUT2D eigenvalue weighted by atomic mass is 16.5. The van der Waals surface area contributed by atoms with Gasteiger partial charge in [0.25, 0.3) is 0 Å². The van der Waals surface area contributed by atoms with Crippen LogP contribution in [0.3, 0.4) is 0 Å². The van der Waals surface area contributed by atoms with Gasteiger partial charge in [-0.2, -0.15) is 10.2 Å². The molecule has 0 fully saturated rings. The van der Waals surface area contributed by atoms with Gasteiger partial charge in [0, 0.05) is 31.1 Å². The fourth-order valence-electron chi connectivity index (χ4n) is 2.22. The molecule has 116 valence electrons. The average molecular weight is 301 g/mol. The molecule has 7 nitrogen and oxygen atoms in total. The van der Waals surface area contributed by atoms with Crippen molar-refractivity contribution >= 4 is 10.9 Å². The molecule has 3 aromatic rings. The third-order valence-corrected chi connectivity index (χ3v) is 3.37. The van der Waals surface area contributed by atoms with E-state index in [0.717, 1.165) is 22.2 Å². The van der Waals surface area contributed by atoms with E-state index in [1.165, 1.54) is 0 Å². The molecule has 0 aliphatic rings. The van der Waals surface area contributed by atoms with Crippen LogP contribution in [0.25, 0.3) is 22.2 Å². The predicted octanol–water partition coefficient (Wildman–Crippen LogP) is 2.43. The minimum absolute atomic E-state index is 0.300. The molecule has 0 spiro atoms. The van der Waals surface area contributed by atoms with Crippen LogP contribution in [0.1, 0.15) is 19.9 Å². The average Bonchev–Trinajstić information content (AvgIpc) is 3.14. The zero-order valence-corrected chi connectivity index (χ0v) is 12.9. The summed E-state index contributed by atoms with van der Waals surface area (Å²) in [7, 11) is 1.64. The molecular weight excluding hydrogens is 282 g/mol. The first-order valence-electron chi connectivity index (χ1n) is 7.20. The highest BCUT2D eigenvalue weighted by molar-refractivity contribution is 5.96. The molecule has 22 heavy (non-hydrogen) atoms. The minimum Gasteiger partial charge on any atom is -0.475 e. The van der Waals surface area contributed by atoms with Gasteiger partial charge in [0.2, 0.25) is 5.88 Å². The van der Waals surface area contributed by atoms with Crippen LogP contribution in [0.4, 0.5) is 0 Å². The van der Waals surface area contributed by atoms with E-state index in [1.54, 1.807) is 13.3 Å². The van der Waals surface area contributed by atoms with Crippen LogP contribution in [0.5, 0.6) is 5.88 Å². The zero-order chi connectivity index (χ0) is 15.5. The summed E-state index contributed by atoms with van der Waals surface area (Å²) in [6, 6.07) is 2.18. The van der Waals surface area contributed by atoms with E-state index in [0.29, 0.717) is 25.1 Å². The smallest absolute Gasteiger partial charge is 0.225 e. The van der Waals surface area contributed by atoms with E-state index in [9.17, 15) is 0 Å². The van der Waals surface area contributed by atoms with Gasteiger partial charge in [-0.05, 0) is 19.9 Å². The molecule has 0 atom stereocenters. The number of hydrogen-bond donors (Lipinski definition) is 1. The standard InChI is InChI=1S/C15H19N5O2/c1-10(2)20-9-11(8-17-20)14-13-12(18-19-14)4-5-16-15(13)22-7-6-21-3/h4-5,8-10H,6-7H2,1-3H3,(H,18,19). The second-order valence-electron chi connectivity index (χ2n) is 5.25. The Bertz CT molecular complexity index is 762. The number of aromatic amines is 1. The Morgan fingerprint density at radius 1 is 1.32 bits per heavy atom. The molecule has 0 amide bonds. The number of methoxy groups -OCH3 is 1. The summed E-state index contributed by atoms with van der Waals surface area (Å²) in [6.45, 7) is 5.12. The third-order valence-electron chi connectivity index (χ3n) is 3.37. The van der Waals surface area contributed by atoms with E-state index >= 15 is 0 Å². The van der Waals surface area contributed by atoms with E-state index < -0.39 is 0 Å². The molecule has 0 radical (unpaired) electrons. The lowest BCUT2D eigenvalue weighted by Crippen LogP contribution is -2.05. The molecule has 0 aromatic carbocycles. The van der Waals surface area contributed by atoms with Crippen molar-refractivity contribution in [2.45, 2.75) is 19.9 Å². The fraction of sp³-hybridized carbons (Fsp3) is 0.400. The van der Waals surface area contributed by atoms with Crippen molar-refractivity contribution in [3.63, 3.8) is 0 Å². The van der Waals surface area contributed by atoms with Crippen molar-refractivity contribution in [1.82, 2.24) is 25.0 Å². The number of nitrogens with one attached hydrogen (secondary N) is 1. The number of hydrogen-bond acceptors (Lipinski definition) is 5. The Morgan fingerprint density at radius 2 is 2.18 bits per heavy atom. The molecule has 0 saturated carbocycles. The number of nitrogens with zero attached hydrogens (tertiary/aromatic N) is 4. The maximum atomic E-state index is 5.71. The Morgan fingerprint density at radius 3 is 2.91 bits per heavy atom. The van der Waals surface area contributed by atoms with Gasteiger partial charge in [0.1, 0.15) is 12.3 Å². The van der Waals surface area contributed by atoms with Crippen LogP contribution in [0.2, 0.25) is 0 Å². The van der Waals surface area contributed by atoms with Crippen molar-refractivity contribution in [2.75, 3.05) is 20.3 Å². The molecular formula is C15H19N5O2. The fourth-order valence-corrected chi connectivity index (χ4v) is 2.22. The van der Waals surface area contributed by atoms with Gasteiger partial charge in [-0.3, -0.25) is 9.78 Å². The number of fused-ring (bicyclic) bond motifs is 1. The minimum atomic E-state index is 0.300. The summed E-state index contributed by atoms with van der Waals surface area (Å²) in [5.41, 5.74) is 2.61. The van der Waals surface area contributed by atoms with Crippen molar-refractivity contribution < 1.29 is 9.47 Å². The highest BCUT2D eigenvalue weighted by Crippen LogP contribution is 2.32. The first-order chi connectivity index (χ1) is 10.7. The summed E-state index contributed by atoms with van der Waals surface area (Å²) in [5, 5.41) is 12.6. The third kappa shape index (κ3) is 2.67. The quantitative estimate of drug-likeness (QED) is 0.707. The number of aromatic nitrogens is 5. The lowest BCUT2D eigenvalue weighted by molar-refractivity contribution is 0.144. The summed E-state index contributed by atoms with van der Waals surface area (Å²) >= 11 is 0. The molecule has 3 aromatic heterocycles. The molecule has 0 bridgehead atoms. The van der Waals surface area contributed by atoms with E-state index in [-0.39, 0.29) is 0 Å². The van der Waals surface area contributed by atoms with Crippen molar-refractivity contribution in [3.05, 3.63) is 24.7 Å². The van der Waals surface area contributed by atoms with Gasteiger partial charge in [0.15, 0.2) is 0 Å². The van der Waals surface area contributed by atoms with Crippen molar-refractivity contribution in [3.8, 4) is 17.1 Å². The second-order valence-corrected chi connectivity index (χ2v) is 5.25. The second kappa shape index (κ2) is 6.15. The largest absolute Gasteiger partial charge is 0.475 e. The molecule has 1 N–H and O–H groups in total. The van der Waals surface area contributed by atoms with Gasteiger partial charge in [-0.25, -0.2) is 4.98 Å². The Hall–Kier alpha value is -2.41. The first kappa shape index (κ1) is 14.5.